The van der Waals surface area contributed by atoms with E-state index in [2.05, 4.69) is 41.1 Å². The average molecular weight is 361 g/mol. The highest BCUT2D eigenvalue weighted by molar-refractivity contribution is 5.89. The van der Waals surface area contributed by atoms with Gasteiger partial charge in [-0.15, -0.1) is 0 Å². The van der Waals surface area contributed by atoms with Crippen LogP contribution in [0.2, 0.25) is 0 Å². The van der Waals surface area contributed by atoms with Gasteiger partial charge in [0.1, 0.15) is 0 Å². The average Bonchev–Trinajstić information content (AvgIpc) is 3.18. The Hall–Kier alpha value is -1.79. The summed E-state index contributed by atoms with van der Waals surface area (Å²) in [5, 5.41) is 3.03. The Balaban J connectivity index is 1.45. The third-order valence-corrected chi connectivity index (χ3v) is 5.39. The van der Waals surface area contributed by atoms with E-state index in [9.17, 15) is 4.79 Å². The lowest BCUT2D eigenvalue weighted by Crippen LogP contribution is -2.51. The number of carbonyl (C=O) groups excluding carboxylic acids is 1. The van der Waals surface area contributed by atoms with Crippen molar-refractivity contribution in [2.75, 3.05) is 62.6 Å². The Morgan fingerprint density at radius 1 is 1.15 bits per heavy atom. The summed E-state index contributed by atoms with van der Waals surface area (Å²) in [7, 11) is 0. The normalized spacial score (nSPS) is 21.0. The van der Waals surface area contributed by atoms with Crippen molar-refractivity contribution in [3.05, 3.63) is 24.3 Å². The molecular weight excluding hydrogens is 328 g/mol. The largest absolute Gasteiger partial charge is 0.377 e. The highest BCUT2D eigenvalue weighted by Crippen LogP contribution is 2.19. The summed E-state index contributed by atoms with van der Waals surface area (Å²) < 4.78 is 5.71. The van der Waals surface area contributed by atoms with Gasteiger partial charge in [0.05, 0.1) is 6.10 Å². The maximum absolute atomic E-state index is 12.5. The SMILES string of the molecule is CCN(CC)c1ccc(NC(=O)N2CCN(CC3CCCO3)CC2)cc1. The van der Waals surface area contributed by atoms with Crippen LogP contribution in [0, 0.1) is 0 Å². The van der Waals surface area contributed by atoms with Crippen molar-refractivity contribution in [1.29, 1.82) is 0 Å². The molecule has 2 saturated heterocycles. The molecule has 144 valence electrons. The van der Waals surface area contributed by atoms with E-state index in [-0.39, 0.29) is 6.03 Å². The van der Waals surface area contributed by atoms with Crippen LogP contribution in [0.15, 0.2) is 24.3 Å². The molecule has 6 nitrogen and oxygen atoms in total. The van der Waals surface area contributed by atoms with Crippen LogP contribution in [0.5, 0.6) is 0 Å². The zero-order valence-corrected chi connectivity index (χ0v) is 16.1. The van der Waals surface area contributed by atoms with Crippen molar-refractivity contribution in [1.82, 2.24) is 9.80 Å². The fourth-order valence-corrected chi connectivity index (χ4v) is 3.76. The number of nitrogens with one attached hydrogen (secondary N) is 1. The van der Waals surface area contributed by atoms with Crippen molar-refractivity contribution in [2.24, 2.45) is 0 Å². The van der Waals surface area contributed by atoms with Gasteiger partial charge in [-0.1, -0.05) is 0 Å². The van der Waals surface area contributed by atoms with Crippen LogP contribution in [0.1, 0.15) is 26.7 Å². The van der Waals surface area contributed by atoms with Crippen LogP contribution >= 0.6 is 0 Å². The van der Waals surface area contributed by atoms with Gasteiger partial charge in [0.25, 0.3) is 0 Å². The minimum Gasteiger partial charge on any atom is -0.377 e. The number of amides is 2. The van der Waals surface area contributed by atoms with Crippen LogP contribution < -0.4 is 10.2 Å². The number of urea groups is 1. The third-order valence-electron chi connectivity index (χ3n) is 5.39. The van der Waals surface area contributed by atoms with Crippen LogP contribution in [0.25, 0.3) is 0 Å². The van der Waals surface area contributed by atoms with Gasteiger partial charge in [-0.2, -0.15) is 0 Å². The number of carbonyl (C=O) groups is 1. The van der Waals surface area contributed by atoms with Crippen molar-refractivity contribution in [3.63, 3.8) is 0 Å². The lowest BCUT2D eigenvalue weighted by Gasteiger charge is -2.35. The highest BCUT2D eigenvalue weighted by Gasteiger charge is 2.24. The first kappa shape index (κ1) is 19.0. The van der Waals surface area contributed by atoms with Crippen LogP contribution in [-0.4, -0.2) is 74.4 Å². The molecule has 1 N–H and O–H groups in total. The second kappa shape index (κ2) is 9.24. The molecule has 2 amide bonds. The van der Waals surface area contributed by atoms with Crippen LogP contribution in [0.3, 0.4) is 0 Å². The molecule has 6 heteroatoms. The van der Waals surface area contributed by atoms with E-state index < -0.39 is 0 Å². The number of rotatable bonds is 6. The number of hydrogen-bond donors (Lipinski definition) is 1. The molecule has 26 heavy (non-hydrogen) atoms. The second-order valence-electron chi connectivity index (χ2n) is 7.07. The minimum atomic E-state index is -0.00245. The fourth-order valence-electron chi connectivity index (χ4n) is 3.76. The number of anilines is 2. The first-order chi connectivity index (χ1) is 12.7. The molecule has 1 aromatic carbocycles. The summed E-state index contributed by atoms with van der Waals surface area (Å²) in [5.74, 6) is 0. The Kier molecular flexibility index (Phi) is 6.74. The predicted octanol–water partition coefficient (Wildman–Crippen LogP) is 2.86. The van der Waals surface area contributed by atoms with E-state index in [1.165, 1.54) is 18.5 Å². The summed E-state index contributed by atoms with van der Waals surface area (Å²) in [6.45, 7) is 11.6. The molecule has 2 fully saturated rings. The molecule has 1 aromatic rings. The summed E-state index contributed by atoms with van der Waals surface area (Å²) in [5.41, 5.74) is 2.04. The molecule has 1 unspecified atom stereocenters. The van der Waals surface area contributed by atoms with Gasteiger partial charge in [-0.25, -0.2) is 4.79 Å². The Morgan fingerprint density at radius 2 is 1.85 bits per heavy atom. The number of ether oxygens (including phenoxy) is 1. The van der Waals surface area contributed by atoms with E-state index in [1.54, 1.807) is 0 Å². The first-order valence-electron chi connectivity index (χ1n) is 9.94. The highest BCUT2D eigenvalue weighted by atomic mass is 16.5. The molecule has 2 aliphatic heterocycles. The van der Waals surface area contributed by atoms with E-state index in [4.69, 9.17) is 4.74 Å². The third kappa shape index (κ3) is 4.89. The van der Waals surface area contributed by atoms with Gasteiger partial charge in [0, 0.05) is 63.8 Å². The molecule has 0 saturated carbocycles. The van der Waals surface area contributed by atoms with E-state index in [0.717, 1.165) is 58.1 Å². The molecule has 0 radical (unpaired) electrons. The Bertz CT molecular complexity index is 560. The van der Waals surface area contributed by atoms with Gasteiger partial charge in [-0.05, 0) is 51.0 Å². The van der Waals surface area contributed by atoms with Crippen molar-refractivity contribution >= 4 is 17.4 Å². The zero-order chi connectivity index (χ0) is 18.4. The van der Waals surface area contributed by atoms with Crippen molar-refractivity contribution in [3.8, 4) is 0 Å². The molecule has 2 heterocycles. The first-order valence-corrected chi connectivity index (χ1v) is 9.94. The molecule has 2 aliphatic rings. The van der Waals surface area contributed by atoms with Gasteiger partial charge < -0.3 is 19.9 Å². The number of hydrogen-bond acceptors (Lipinski definition) is 4. The summed E-state index contributed by atoms with van der Waals surface area (Å²) in [4.78, 5) is 19.1. The smallest absolute Gasteiger partial charge is 0.321 e. The van der Waals surface area contributed by atoms with Crippen LogP contribution in [0.4, 0.5) is 16.2 Å². The lowest BCUT2D eigenvalue weighted by molar-refractivity contribution is 0.0572. The standard InChI is InChI=1S/C20H32N4O2/c1-3-23(4-2)18-9-7-17(8-10-18)21-20(25)24-13-11-22(12-14-24)16-19-6-5-15-26-19/h7-10,19H,3-6,11-16H2,1-2H3,(H,21,25). The summed E-state index contributed by atoms with van der Waals surface area (Å²) in [6, 6.07) is 8.11. The molecular formula is C20H32N4O2. The maximum atomic E-state index is 12.5. The van der Waals surface area contributed by atoms with Gasteiger partial charge in [-0.3, -0.25) is 4.90 Å². The Labute approximate surface area is 157 Å². The summed E-state index contributed by atoms with van der Waals surface area (Å²) in [6.07, 6.45) is 2.74. The molecule has 3 rings (SSSR count). The second-order valence-corrected chi connectivity index (χ2v) is 7.07. The zero-order valence-electron chi connectivity index (χ0n) is 16.1. The topological polar surface area (TPSA) is 48.1 Å². The molecule has 0 aliphatic carbocycles. The van der Waals surface area contributed by atoms with Crippen molar-refractivity contribution in [2.45, 2.75) is 32.8 Å². The quantitative estimate of drug-likeness (QED) is 0.847. The summed E-state index contributed by atoms with van der Waals surface area (Å²) >= 11 is 0. The monoisotopic (exact) mass is 360 g/mol. The number of benzene rings is 1. The van der Waals surface area contributed by atoms with Crippen molar-refractivity contribution < 1.29 is 9.53 Å². The van der Waals surface area contributed by atoms with Gasteiger partial charge in [0.2, 0.25) is 0 Å². The van der Waals surface area contributed by atoms with E-state index in [0.29, 0.717) is 6.10 Å². The van der Waals surface area contributed by atoms with E-state index in [1.807, 2.05) is 17.0 Å². The number of nitrogens with zero attached hydrogens (tertiary/aromatic N) is 3. The minimum absolute atomic E-state index is 0.00245. The van der Waals surface area contributed by atoms with E-state index >= 15 is 0 Å². The number of piperazine rings is 1. The Morgan fingerprint density at radius 3 is 2.42 bits per heavy atom. The fraction of sp³-hybridized carbons (Fsp3) is 0.650. The molecule has 1 atom stereocenters. The van der Waals surface area contributed by atoms with Crippen LogP contribution in [-0.2, 0) is 4.74 Å². The predicted molar refractivity (Wildman–Crippen MR) is 106 cm³/mol. The van der Waals surface area contributed by atoms with Gasteiger partial charge >= 0.3 is 6.03 Å². The maximum Gasteiger partial charge on any atom is 0.321 e. The molecule has 0 bridgehead atoms. The molecule has 0 spiro atoms. The van der Waals surface area contributed by atoms with Gasteiger partial charge in [0.15, 0.2) is 0 Å². The molecule has 0 aromatic heterocycles. The lowest BCUT2D eigenvalue weighted by atomic mass is 10.2.